The van der Waals surface area contributed by atoms with Gasteiger partial charge in [-0.05, 0) is 37.6 Å². The molecule has 1 aliphatic heterocycles. The van der Waals surface area contributed by atoms with Gasteiger partial charge in [0, 0.05) is 25.2 Å². The Morgan fingerprint density at radius 3 is 2.86 bits per heavy atom. The van der Waals surface area contributed by atoms with Crippen molar-refractivity contribution in [2.45, 2.75) is 26.3 Å². The van der Waals surface area contributed by atoms with Gasteiger partial charge in [-0.15, -0.1) is 0 Å². The van der Waals surface area contributed by atoms with Crippen LogP contribution in [0, 0.1) is 0 Å². The van der Waals surface area contributed by atoms with E-state index in [1.165, 1.54) is 11.3 Å². The molecule has 0 atom stereocenters. The van der Waals surface area contributed by atoms with E-state index in [4.69, 9.17) is 4.74 Å². The molecule has 1 heterocycles. The highest BCUT2D eigenvalue weighted by Crippen LogP contribution is 2.29. The number of nitrogens with zero attached hydrogens (tertiary/aromatic N) is 1. The fourth-order valence-corrected chi connectivity index (χ4v) is 1.69. The van der Waals surface area contributed by atoms with Crippen LogP contribution >= 0.6 is 0 Å². The third-order valence-electron chi connectivity index (χ3n) is 2.85. The van der Waals surface area contributed by atoms with Crippen LogP contribution in [-0.2, 0) is 6.42 Å². The number of ether oxygens (including phenoxy) is 1. The molecular weight excluding hydrogens is 174 g/mol. The Bertz CT molecular complexity index is 333. The molecule has 2 heteroatoms. The van der Waals surface area contributed by atoms with Crippen LogP contribution in [0.1, 0.15) is 19.4 Å². The summed E-state index contributed by atoms with van der Waals surface area (Å²) < 4.78 is 5.48. The minimum Gasteiger partial charge on any atom is -0.493 e. The van der Waals surface area contributed by atoms with Crippen LogP contribution in [0.4, 0.5) is 5.69 Å². The van der Waals surface area contributed by atoms with Crippen molar-refractivity contribution in [2.24, 2.45) is 0 Å². The fraction of sp³-hybridized carbons (Fsp3) is 0.500. The molecule has 0 radical (unpaired) electrons. The lowest BCUT2D eigenvalue weighted by Gasteiger charge is -2.24. The van der Waals surface area contributed by atoms with Gasteiger partial charge in [0.1, 0.15) is 5.75 Å². The van der Waals surface area contributed by atoms with Gasteiger partial charge in [0.05, 0.1) is 6.61 Å². The van der Waals surface area contributed by atoms with Gasteiger partial charge >= 0.3 is 0 Å². The van der Waals surface area contributed by atoms with Crippen LogP contribution in [0.25, 0.3) is 0 Å². The first-order valence-electron chi connectivity index (χ1n) is 5.17. The molecule has 2 nitrogen and oxygen atoms in total. The molecule has 76 valence electrons. The van der Waals surface area contributed by atoms with Crippen molar-refractivity contribution in [3.05, 3.63) is 23.8 Å². The Labute approximate surface area is 85.5 Å². The number of fused-ring (bicyclic) bond motifs is 1. The van der Waals surface area contributed by atoms with E-state index in [-0.39, 0.29) is 0 Å². The zero-order valence-electron chi connectivity index (χ0n) is 9.08. The number of anilines is 1. The van der Waals surface area contributed by atoms with Crippen LogP contribution in [0.15, 0.2) is 18.2 Å². The molecular formula is C12H17NO. The Morgan fingerprint density at radius 2 is 2.14 bits per heavy atom. The molecule has 0 spiro atoms. The van der Waals surface area contributed by atoms with Gasteiger partial charge in [0.2, 0.25) is 0 Å². The Hall–Kier alpha value is -1.18. The van der Waals surface area contributed by atoms with E-state index >= 15 is 0 Å². The summed E-state index contributed by atoms with van der Waals surface area (Å²) in [6.07, 6.45) is 1.05. The molecule has 2 rings (SSSR count). The SMILES string of the molecule is CC(C)N(C)c1ccc2c(c1)CCO2. The second-order valence-electron chi connectivity index (χ2n) is 4.10. The number of hydrogen-bond donors (Lipinski definition) is 0. The lowest BCUT2D eigenvalue weighted by atomic mass is 10.1. The first kappa shape index (κ1) is 9.38. The second-order valence-corrected chi connectivity index (χ2v) is 4.10. The molecule has 0 fully saturated rings. The van der Waals surface area contributed by atoms with Crippen molar-refractivity contribution in [3.63, 3.8) is 0 Å². The topological polar surface area (TPSA) is 12.5 Å². The van der Waals surface area contributed by atoms with Gasteiger partial charge in [-0.2, -0.15) is 0 Å². The van der Waals surface area contributed by atoms with E-state index in [0.717, 1.165) is 18.8 Å². The van der Waals surface area contributed by atoms with Crippen molar-refractivity contribution < 1.29 is 4.74 Å². The molecule has 1 aromatic carbocycles. The molecule has 0 aliphatic carbocycles. The maximum absolute atomic E-state index is 5.48. The van der Waals surface area contributed by atoms with Crippen LogP contribution < -0.4 is 9.64 Å². The monoisotopic (exact) mass is 191 g/mol. The standard InChI is InChI=1S/C12H17NO/c1-9(2)13(3)11-4-5-12-10(8-11)6-7-14-12/h4-5,8-9H,6-7H2,1-3H3. The molecule has 14 heavy (non-hydrogen) atoms. The van der Waals surface area contributed by atoms with E-state index in [9.17, 15) is 0 Å². The van der Waals surface area contributed by atoms with Gasteiger partial charge in [-0.1, -0.05) is 0 Å². The largest absolute Gasteiger partial charge is 0.493 e. The summed E-state index contributed by atoms with van der Waals surface area (Å²) in [5, 5.41) is 0. The van der Waals surface area contributed by atoms with Crippen molar-refractivity contribution in [1.29, 1.82) is 0 Å². The summed E-state index contributed by atoms with van der Waals surface area (Å²) in [7, 11) is 2.13. The first-order valence-corrected chi connectivity index (χ1v) is 5.17. The average molecular weight is 191 g/mol. The Morgan fingerprint density at radius 1 is 1.36 bits per heavy atom. The van der Waals surface area contributed by atoms with Gasteiger partial charge in [0.25, 0.3) is 0 Å². The predicted octanol–water partition coefficient (Wildman–Crippen LogP) is 2.47. The minimum absolute atomic E-state index is 0.537. The molecule has 0 aromatic heterocycles. The Balaban J connectivity index is 2.28. The normalized spacial score (nSPS) is 14.0. The zero-order valence-corrected chi connectivity index (χ0v) is 9.08. The number of rotatable bonds is 2. The van der Waals surface area contributed by atoms with Crippen molar-refractivity contribution >= 4 is 5.69 Å². The van der Waals surface area contributed by atoms with Crippen molar-refractivity contribution in [1.82, 2.24) is 0 Å². The summed E-state index contributed by atoms with van der Waals surface area (Å²) >= 11 is 0. The molecule has 0 N–H and O–H groups in total. The summed E-state index contributed by atoms with van der Waals surface area (Å²) in [5.41, 5.74) is 2.62. The minimum atomic E-state index is 0.537. The number of hydrogen-bond acceptors (Lipinski definition) is 2. The fourth-order valence-electron chi connectivity index (χ4n) is 1.69. The first-order chi connectivity index (χ1) is 6.68. The molecule has 0 saturated heterocycles. The van der Waals surface area contributed by atoms with E-state index in [1.807, 2.05) is 0 Å². The highest BCUT2D eigenvalue weighted by molar-refractivity contribution is 5.54. The highest BCUT2D eigenvalue weighted by Gasteiger charge is 2.13. The quantitative estimate of drug-likeness (QED) is 0.712. The summed E-state index contributed by atoms with van der Waals surface area (Å²) in [6.45, 7) is 5.23. The molecule has 1 aliphatic rings. The Kier molecular flexibility index (Phi) is 2.36. The lowest BCUT2D eigenvalue weighted by Crippen LogP contribution is -2.25. The third-order valence-corrected chi connectivity index (χ3v) is 2.85. The highest BCUT2D eigenvalue weighted by atomic mass is 16.5. The summed E-state index contributed by atoms with van der Waals surface area (Å²) in [5.74, 6) is 1.06. The second kappa shape index (κ2) is 3.52. The third kappa shape index (κ3) is 1.57. The van der Waals surface area contributed by atoms with Crippen LogP contribution in [0.3, 0.4) is 0 Å². The zero-order chi connectivity index (χ0) is 10.1. The molecule has 0 amide bonds. The number of benzene rings is 1. The van der Waals surface area contributed by atoms with Gasteiger partial charge < -0.3 is 9.64 Å². The van der Waals surface area contributed by atoms with Gasteiger partial charge in [-0.25, -0.2) is 0 Å². The van der Waals surface area contributed by atoms with Crippen molar-refractivity contribution in [2.75, 3.05) is 18.6 Å². The average Bonchev–Trinajstić information content (AvgIpc) is 2.62. The van der Waals surface area contributed by atoms with Gasteiger partial charge in [-0.3, -0.25) is 0 Å². The molecule has 0 saturated carbocycles. The van der Waals surface area contributed by atoms with E-state index in [2.05, 4.69) is 44.0 Å². The predicted molar refractivity (Wildman–Crippen MR) is 59.2 cm³/mol. The van der Waals surface area contributed by atoms with Crippen LogP contribution in [0.2, 0.25) is 0 Å². The van der Waals surface area contributed by atoms with Crippen molar-refractivity contribution in [3.8, 4) is 5.75 Å². The smallest absolute Gasteiger partial charge is 0.122 e. The summed E-state index contributed by atoms with van der Waals surface area (Å²) in [6, 6.07) is 6.98. The molecule has 1 aromatic rings. The summed E-state index contributed by atoms with van der Waals surface area (Å²) in [4.78, 5) is 2.28. The maximum atomic E-state index is 5.48. The lowest BCUT2D eigenvalue weighted by molar-refractivity contribution is 0.357. The van der Waals surface area contributed by atoms with Gasteiger partial charge in [0.15, 0.2) is 0 Å². The van der Waals surface area contributed by atoms with Crippen LogP contribution in [-0.4, -0.2) is 19.7 Å². The maximum Gasteiger partial charge on any atom is 0.122 e. The van der Waals surface area contributed by atoms with E-state index in [1.54, 1.807) is 0 Å². The van der Waals surface area contributed by atoms with E-state index in [0.29, 0.717) is 6.04 Å². The van der Waals surface area contributed by atoms with Crippen LogP contribution in [0.5, 0.6) is 5.75 Å². The van der Waals surface area contributed by atoms with E-state index < -0.39 is 0 Å². The molecule has 0 bridgehead atoms. The molecule has 0 unspecified atom stereocenters.